The zero-order chi connectivity index (χ0) is 15.4. The number of pyridine rings is 1. The van der Waals surface area contributed by atoms with Crippen molar-refractivity contribution in [2.45, 2.75) is 6.54 Å². The third-order valence-electron chi connectivity index (χ3n) is 2.68. The number of hydrogen-bond donors (Lipinski definition) is 2. The highest BCUT2D eigenvalue weighted by Gasteiger charge is 2.12. The Labute approximate surface area is 130 Å². The number of carbonyl (C=O) groups is 2. The molecule has 2 N–H and O–H groups in total. The lowest BCUT2D eigenvalue weighted by Crippen LogP contribution is -2.24. The standard InChI is InChI=1S/C14H10Cl2N2O3/c15-10-5-6-11(16)18-12(10)13(19)17-7-8-1-3-9(4-2-8)14(20)21/h1-6H,7H2,(H,17,19)(H,20,21). The molecule has 0 aliphatic heterocycles. The monoisotopic (exact) mass is 324 g/mol. The number of carboxylic acids is 1. The molecule has 5 nitrogen and oxygen atoms in total. The van der Waals surface area contributed by atoms with Crippen LogP contribution < -0.4 is 5.32 Å². The first kappa shape index (κ1) is 15.3. The SMILES string of the molecule is O=C(O)c1ccc(CNC(=O)c2nc(Cl)ccc2Cl)cc1. The quantitative estimate of drug-likeness (QED) is 0.847. The summed E-state index contributed by atoms with van der Waals surface area (Å²) in [4.78, 5) is 26.5. The number of nitrogens with one attached hydrogen (secondary N) is 1. The van der Waals surface area contributed by atoms with Gasteiger partial charge in [-0.15, -0.1) is 0 Å². The van der Waals surface area contributed by atoms with Gasteiger partial charge in [0, 0.05) is 6.54 Å². The lowest BCUT2D eigenvalue weighted by Gasteiger charge is -2.07. The van der Waals surface area contributed by atoms with Gasteiger partial charge in [-0.1, -0.05) is 35.3 Å². The fourth-order valence-corrected chi connectivity index (χ4v) is 1.95. The van der Waals surface area contributed by atoms with Crippen LogP contribution in [0.1, 0.15) is 26.4 Å². The van der Waals surface area contributed by atoms with Gasteiger partial charge < -0.3 is 10.4 Å². The van der Waals surface area contributed by atoms with Gasteiger partial charge in [-0.3, -0.25) is 4.79 Å². The Bertz CT molecular complexity index is 687. The summed E-state index contributed by atoms with van der Waals surface area (Å²) in [5.41, 5.74) is 0.988. The molecule has 2 rings (SSSR count). The number of hydrogen-bond acceptors (Lipinski definition) is 3. The average molecular weight is 325 g/mol. The molecule has 0 spiro atoms. The Morgan fingerprint density at radius 3 is 2.38 bits per heavy atom. The second kappa shape index (κ2) is 6.56. The number of aromatic carboxylic acids is 1. The van der Waals surface area contributed by atoms with E-state index in [0.717, 1.165) is 5.56 Å². The molecule has 2 aromatic rings. The Kier molecular flexibility index (Phi) is 4.77. The zero-order valence-electron chi connectivity index (χ0n) is 10.6. The molecule has 0 aliphatic rings. The van der Waals surface area contributed by atoms with E-state index in [4.69, 9.17) is 28.3 Å². The highest BCUT2D eigenvalue weighted by molar-refractivity contribution is 6.34. The van der Waals surface area contributed by atoms with E-state index < -0.39 is 11.9 Å². The van der Waals surface area contributed by atoms with E-state index in [2.05, 4.69) is 10.3 Å². The summed E-state index contributed by atoms with van der Waals surface area (Å²) in [5, 5.41) is 11.8. The topological polar surface area (TPSA) is 79.3 Å². The van der Waals surface area contributed by atoms with Crippen LogP contribution in [0, 0.1) is 0 Å². The van der Waals surface area contributed by atoms with Crippen LogP contribution in [0.5, 0.6) is 0 Å². The number of nitrogens with zero attached hydrogens (tertiary/aromatic N) is 1. The largest absolute Gasteiger partial charge is 0.478 e. The summed E-state index contributed by atoms with van der Waals surface area (Å²) in [6, 6.07) is 9.16. The van der Waals surface area contributed by atoms with E-state index in [9.17, 15) is 9.59 Å². The molecule has 0 bridgehead atoms. The fraction of sp³-hybridized carbons (Fsp3) is 0.0714. The molecule has 0 radical (unpaired) electrons. The number of carbonyl (C=O) groups excluding carboxylic acids is 1. The van der Waals surface area contributed by atoms with Crippen molar-refractivity contribution in [2.24, 2.45) is 0 Å². The highest BCUT2D eigenvalue weighted by Crippen LogP contribution is 2.16. The van der Waals surface area contributed by atoms with Crippen molar-refractivity contribution in [2.75, 3.05) is 0 Å². The minimum absolute atomic E-state index is 0.0475. The predicted octanol–water partition coefficient (Wildman–Crippen LogP) is 3.02. The molecule has 1 aromatic carbocycles. The molecule has 7 heteroatoms. The summed E-state index contributed by atoms with van der Waals surface area (Å²) in [6.07, 6.45) is 0. The molecule has 0 saturated heterocycles. The maximum Gasteiger partial charge on any atom is 0.335 e. The summed E-state index contributed by atoms with van der Waals surface area (Å²) in [6.45, 7) is 0.225. The van der Waals surface area contributed by atoms with Gasteiger partial charge in [0.25, 0.3) is 5.91 Å². The second-order valence-corrected chi connectivity index (χ2v) is 4.94. The maximum atomic E-state index is 12.0. The molecular formula is C14H10Cl2N2O3. The van der Waals surface area contributed by atoms with E-state index in [1.54, 1.807) is 12.1 Å². The molecule has 21 heavy (non-hydrogen) atoms. The second-order valence-electron chi connectivity index (χ2n) is 4.15. The summed E-state index contributed by atoms with van der Waals surface area (Å²) in [5.74, 6) is -1.45. The molecule has 1 amide bonds. The summed E-state index contributed by atoms with van der Waals surface area (Å²) in [7, 11) is 0. The van der Waals surface area contributed by atoms with Gasteiger partial charge in [0.15, 0.2) is 0 Å². The first-order valence-electron chi connectivity index (χ1n) is 5.90. The third-order valence-corrected chi connectivity index (χ3v) is 3.20. The predicted molar refractivity (Wildman–Crippen MR) is 78.8 cm³/mol. The molecule has 0 unspecified atom stereocenters. The van der Waals surface area contributed by atoms with Crippen molar-refractivity contribution < 1.29 is 14.7 Å². The van der Waals surface area contributed by atoms with E-state index >= 15 is 0 Å². The van der Waals surface area contributed by atoms with Crippen LogP contribution in [0.4, 0.5) is 0 Å². The smallest absolute Gasteiger partial charge is 0.335 e. The fourth-order valence-electron chi connectivity index (χ4n) is 1.61. The van der Waals surface area contributed by atoms with Gasteiger partial charge in [-0.25, -0.2) is 9.78 Å². The molecule has 0 aliphatic carbocycles. The van der Waals surface area contributed by atoms with Crippen molar-refractivity contribution in [1.82, 2.24) is 10.3 Å². The van der Waals surface area contributed by atoms with Gasteiger partial charge >= 0.3 is 5.97 Å². The normalized spacial score (nSPS) is 10.2. The lowest BCUT2D eigenvalue weighted by molar-refractivity contribution is 0.0696. The van der Waals surface area contributed by atoms with Crippen LogP contribution in [0.15, 0.2) is 36.4 Å². The molecule has 0 saturated carbocycles. The van der Waals surface area contributed by atoms with E-state index in [1.807, 2.05) is 0 Å². The van der Waals surface area contributed by atoms with E-state index in [0.29, 0.717) is 0 Å². The summed E-state index contributed by atoms with van der Waals surface area (Å²) >= 11 is 11.6. The number of halogens is 2. The Morgan fingerprint density at radius 1 is 1.10 bits per heavy atom. The lowest BCUT2D eigenvalue weighted by atomic mass is 10.1. The van der Waals surface area contributed by atoms with Crippen LogP contribution in [0.3, 0.4) is 0 Å². The molecule has 108 valence electrons. The van der Waals surface area contributed by atoms with Gasteiger partial charge in [-0.2, -0.15) is 0 Å². The van der Waals surface area contributed by atoms with Crippen molar-refractivity contribution in [3.63, 3.8) is 0 Å². The van der Waals surface area contributed by atoms with Gasteiger partial charge in [0.1, 0.15) is 10.8 Å². The Balaban J connectivity index is 2.04. The Morgan fingerprint density at radius 2 is 1.76 bits per heavy atom. The highest BCUT2D eigenvalue weighted by atomic mass is 35.5. The first-order chi connectivity index (χ1) is 9.97. The minimum atomic E-state index is -1.000. The van der Waals surface area contributed by atoms with Crippen molar-refractivity contribution in [3.05, 3.63) is 63.4 Å². The Hall–Kier alpha value is -2.11. The maximum absolute atomic E-state index is 12.0. The molecule has 0 fully saturated rings. The van der Waals surface area contributed by atoms with E-state index in [1.165, 1.54) is 24.3 Å². The van der Waals surface area contributed by atoms with Crippen LogP contribution in [0.25, 0.3) is 0 Å². The van der Waals surface area contributed by atoms with Gasteiger partial charge in [0.2, 0.25) is 0 Å². The number of carboxylic acid groups (broad SMARTS) is 1. The zero-order valence-corrected chi connectivity index (χ0v) is 12.1. The molecule has 1 aromatic heterocycles. The number of aromatic nitrogens is 1. The molecular weight excluding hydrogens is 315 g/mol. The summed E-state index contributed by atoms with van der Waals surface area (Å²) < 4.78 is 0. The van der Waals surface area contributed by atoms with Crippen molar-refractivity contribution in [3.8, 4) is 0 Å². The van der Waals surface area contributed by atoms with Crippen molar-refractivity contribution in [1.29, 1.82) is 0 Å². The van der Waals surface area contributed by atoms with E-state index in [-0.39, 0.29) is 28.0 Å². The van der Waals surface area contributed by atoms with Crippen LogP contribution in [-0.4, -0.2) is 22.0 Å². The van der Waals surface area contributed by atoms with Gasteiger partial charge in [0.05, 0.1) is 10.6 Å². The van der Waals surface area contributed by atoms with Crippen LogP contribution in [-0.2, 0) is 6.54 Å². The molecule has 0 atom stereocenters. The average Bonchev–Trinajstić information content (AvgIpc) is 2.47. The number of rotatable bonds is 4. The first-order valence-corrected chi connectivity index (χ1v) is 6.65. The molecule has 1 heterocycles. The van der Waals surface area contributed by atoms with Crippen molar-refractivity contribution >= 4 is 35.1 Å². The van der Waals surface area contributed by atoms with Crippen LogP contribution in [0.2, 0.25) is 10.2 Å². The number of benzene rings is 1. The van der Waals surface area contributed by atoms with Crippen LogP contribution >= 0.6 is 23.2 Å². The third kappa shape index (κ3) is 3.93. The minimum Gasteiger partial charge on any atom is -0.478 e. The van der Waals surface area contributed by atoms with Gasteiger partial charge in [-0.05, 0) is 29.8 Å². The number of amides is 1.